The van der Waals surface area contributed by atoms with Crippen LogP contribution in [-0.4, -0.2) is 17.4 Å². The van der Waals surface area contributed by atoms with Gasteiger partial charge in [-0.2, -0.15) is 0 Å². The van der Waals surface area contributed by atoms with Gasteiger partial charge in [-0.15, -0.1) is 0 Å². The molecule has 1 saturated heterocycles. The second-order valence-corrected chi connectivity index (χ2v) is 5.17. The first-order valence-electron chi connectivity index (χ1n) is 4.62. The molecule has 80 valence electrons. The molecule has 0 saturated carbocycles. The summed E-state index contributed by atoms with van der Waals surface area (Å²) in [6.45, 7) is 0. The summed E-state index contributed by atoms with van der Waals surface area (Å²) in [5.41, 5.74) is 0.863. The smallest absolute Gasteiger partial charge is 0.148 e. The maximum absolute atomic E-state index is 10.6. The highest BCUT2D eigenvalue weighted by molar-refractivity contribution is 9.11. The number of hydrogen-bond acceptors (Lipinski definition) is 3. The standard InChI is InChI=1S/C10H9Br2NO2/c11-6-3-8(12)10(13-4-6)9-2-1-7(5-14)15-9/h3-5,7,9H,1-2H2. The maximum atomic E-state index is 10.6. The number of carbonyl (C=O) groups is 1. The molecule has 2 unspecified atom stereocenters. The Kier molecular flexibility index (Phi) is 3.53. The Balaban J connectivity index is 2.20. The number of rotatable bonds is 2. The maximum Gasteiger partial charge on any atom is 0.148 e. The van der Waals surface area contributed by atoms with Gasteiger partial charge < -0.3 is 9.53 Å². The van der Waals surface area contributed by atoms with Gasteiger partial charge >= 0.3 is 0 Å². The topological polar surface area (TPSA) is 39.2 Å². The molecule has 1 aromatic heterocycles. The minimum absolute atomic E-state index is 0.0670. The van der Waals surface area contributed by atoms with Gasteiger partial charge in [0.2, 0.25) is 0 Å². The lowest BCUT2D eigenvalue weighted by atomic mass is 10.1. The van der Waals surface area contributed by atoms with Gasteiger partial charge in [-0.1, -0.05) is 0 Å². The van der Waals surface area contributed by atoms with Gasteiger partial charge in [-0.05, 0) is 50.8 Å². The third-order valence-corrected chi connectivity index (χ3v) is 3.41. The number of aldehydes is 1. The molecule has 0 N–H and O–H groups in total. The van der Waals surface area contributed by atoms with E-state index in [9.17, 15) is 4.79 Å². The Morgan fingerprint density at radius 1 is 1.47 bits per heavy atom. The molecule has 0 bridgehead atoms. The van der Waals surface area contributed by atoms with E-state index in [1.54, 1.807) is 6.20 Å². The van der Waals surface area contributed by atoms with Gasteiger partial charge in [-0.3, -0.25) is 4.98 Å². The zero-order chi connectivity index (χ0) is 10.8. The molecule has 0 radical (unpaired) electrons. The molecular formula is C10H9Br2NO2. The summed E-state index contributed by atoms with van der Waals surface area (Å²) in [5, 5.41) is 0. The number of ether oxygens (including phenoxy) is 1. The third kappa shape index (κ3) is 2.46. The number of carbonyl (C=O) groups excluding carboxylic acids is 1. The average Bonchev–Trinajstić information content (AvgIpc) is 2.66. The Labute approximate surface area is 104 Å². The minimum Gasteiger partial charge on any atom is -0.361 e. The lowest BCUT2D eigenvalue weighted by molar-refractivity contribution is -0.117. The highest BCUT2D eigenvalue weighted by atomic mass is 79.9. The van der Waals surface area contributed by atoms with Crippen molar-refractivity contribution in [1.82, 2.24) is 4.98 Å². The third-order valence-electron chi connectivity index (χ3n) is 2.35. The van der Waals surface area contributed by atoms with E-state index in [0.717, 1.165) is 33.8 Å². The molecule has 1 aliphatic rings. The molecule has 3 nitrogen and oxygen atoms in total. The van der Waals surface area contributed by atoms with Crippen LogP contribution in [0.5, 0.6) is 0 Å². The molecule has 0 aromatic carbocycles. The van der Waals surface area contributed by atoms with Crippen molar-refractivity contribution in [2.75, 3.05) is 0 Å². The van der Waals surface area contributed by atoms with E-state index in [4.69, 9.17) is 4.74 Å². The SMILES string of the molecule is O=CC1CCC(c2ncc(Br)cc2Br)O1. The lowest BCUT2D eigenvalue weighted by Crippen LogP contribution is -2.08. The molecule has 0 aliphatic carbocycles. The number of nitrogens with zero attached hydrogens (tertiary/aromatic N) is 1. The van der Waals surface area contributed by atoms with Crippen LogP contribution in [0.2, 0.25) is 0 Å². The highest BCUT2D eigenvalue weighted by Crippen LogP contribution is 2.35. The highest BCUT2D eigenvalue weighted by Gasteiger charge is 2.28. The van der Waals surface area contributed by atoms with E-state index in [2.05, 4.69) is 36.8 Å². The van der Waals surface area contributed by atoms with E-state index in [0.29, 0.717) is 0 Å². The predicted octanol–water partition coefficient (Wildman–Crippen LogP) is 3.03. The second kappa shape index (κ2) is 4.72. The van der Waals surface area contributed by atoms with Crippen LogP contribution in [0.4, 0.5) is 0 Å². The fourth-order valence-corrected chi connectivity index (χ4v) is 2.87. The molecule has 2 rings (SSSR count). The molecular weight excluding hydrogens is 326 g/mol. The molecule has 2 heterocycles. The summed E-state index contributed by atoms with van der Waals surface area (Å²) in [6, 6.07) is 1.93. The fraction of sp³-hybridized carbons (Fsp3) is 0.400. The molecule has 5 heteroatoms. The summed E-state index contributed by atoms with van der Waals surface area (Å²) in [4.78, 5) is 14.9. The van der Waals surface area contributed by atoms with Crippen LogP contribution in [0.15, 0.2) is 21.2 Å². The van der Waals surface area contributed by atoms with Gasteiger partial charge in [0.05, 0.1) is 5.69 Å². The van der Waals surface area contributed by atoms with E-state index in [-0.39, 0.29) is 12.2 Å². The van der Waals surface area contributed by atoms with Crippen LogP contribution < -0.4 is 0 Å². The van der Waals surface area contributed by atoms with Crippen molar-refractivity contribution >= 4 is 38.1 Å². The van der Waals surface area contributed by atoms with Gasteiger partial charge in [0.15, 0.2) is 0 Å². The normalized spacial score (nSPS) is 25.5. The van der Waals surface area contributed by atoms with Gasteiger partial charge in [0, 0.05) is 15.1 Å². The predicted molar refractivity (Wildman–Crippen MR) is 62.5 cm³/mol. The molecule has 0 spiro atoms. The van der Waals surface area contributed by atoms with Crippen LogP contribution in [0.3, 0.4) is 0 Å². The summed E-state index contributed by atoms with van der Waals surface area (Å²) in [5.74, 6) is 0. The molecule has 1 aliphatic heterocycles. The largest absolute Gasteiger partial charge is 0.361 e. The molecule has 1 fully saturated rings. The molecule has 1 aromatic rings. The van der Waals surface area contributed by atoms with Crippen molar-refractivity contribution in [3.05, 3.63) is 26.9 Å². The van der Waals surface area contributed by atoms with Crippen LogP contribution >= 0.6 is 31.9 Å². The van der Waals surface area contributed by atoms with Gasteiger partial charge in [0.25, 0.3) is 0 Å². The first-order valence-corrected chi connectivity index (χ1v) is 6.21. The molecule has 0 amide bonds. The monoisotopic (exact) mass is 333 g/mol. The zero-order valence-corrected chi connectivity index (χ0v) is 11.0. The Morgan fingerprint density at radius 2 is 2.27 bits per heavy atom. The number of hydrogen-bond donors (Lipinski definition) is 0. The van der Waals surface area contributed by atoms with Crippen LogP contribution in [-0.2, 0) is 9.53 Å². The first kappa shape index (κ1) is 11.2. The van der Waals surface area contributed by atoms with Crippen molar-refractivity contribution < 1.29 is 9.53 Å². The second-order valence-electron chi connectivity index (χ2n) is 3.40. The van der Waals surface area contributed by atoms with Gasteiger partial charge in [0.1, 0.15) is 18.5 Å². The Bertz CT molecular complexity index is 384. The van der Waals surface area contributed by atoms with Crippen molar-refractivity contribution in [2.45, 2.75) is 25.0 Å². The molecule has 15 heavy (non-hydrogen) atoms. The number of aromatic nitrogens is 1. The Morgan fingerprint density at radius 3 is 2.87 bits per heavy atom. The first-order chi connectivity index (χ1) is 7.20. The quantitative estimate of drug-likeness (QED) is 0.780. The summed E-state index contributed by atoms with van der Waals surface area (Å²) >= 11 is 6.78. The van der Waals surface area contributed by atoms with Crippen LogP contribution in [0.25, 0.3) is 0 Å². The zero-order valence-electron chi connectivity index (χ0n) is 7.82. The van der Waals surface area contributed by atoms with Gasteiger partial charge in [-0.25, -0.2) is 0 Å². The van der Waals surface area contributed by atoms with E-state index >= 15 is 0 Å². The fourth-order valence-electron chi connectivity index (χ4n) is 1.63. The van der Waals surface area contributed by atoms with Crippen molar-refractivity contribution in [1.29, 1.82) is 0 Å². The van der Waals surface area contributed by atoms with Crippen LogP contribution in [0, 0.1) is 0 Å². The average molecular weight is 335 g/mol. The lowest BCUT2D eigenvalue weighted by Gasteiger charge is -2.11. The minimum atomic E-state index is -0.271. The van der Waals surface area contributed by atoms with Crippen molar-refractivity contribution in [2.24, 2.45) is 0 Å². The summed E-state index contributed by atoms with van der Waals surface area (Å²) < 4.78 is 7.37. The number of pyridine rings is 1. The van der Waals surface area contributed by atoms with Crippen LogP contribution in [0.1, 0.15) is 24.6 Å². The van der Waals surface area contributed by atoms with Crippen molar-refractivity contribution in [3.63, 3.8) is 0 Å². The molecule has 2 atom stereocenters. The summed E-state index contributed by atoms with van der Waals surface area (Å²) in [7, 11) is 0. The van der Waals surface area contributed by atoms with E-state index in [1.807, 2.05) is 6.07 Å². The number of halogens is 2. The summed E-state index contributed by atoms with van der Waals surface area (Å²) in [6.07, 6.45) is 3.87. The van der Waals surface area contributed by atoms with E-state index < -0.39 is 0 Å². The van der Waals surface area contributed by atoms with E-state index in [1.165, 1.54) is 0 Å². The van der Waals surface area contributed by atoms with Crippen molar-refractivity contribution in [3.8, 4) is 0 Å². The Hall–Kier alpha value is -0.260.